The maximum absolute atomic E-state index is 12.9. The second-order valence-electron chi connectivity index (χ2n) is 7.04. The molecule has 0 unspecified atom stereocenters. The number of nitro groups is 2. The standard InChI is InChI=1S/C7H4ClFN2.C5H2ClFN2O2.C5H3FN2O3.C5H4FNO.C2H3.BrH.Mg/c8-7-6-4(1-2-10-6)5(9)3-11-7;6-5-4(9(10)11)1-3(7)2-8-5;6-3-1-4(8(10)11)5(9)7-2-3;6-4-1-2-5(8)7-3-4;1-2;;/h1-3,10H;1-2H;1-2H,(H,7,9);1-3H,(H,7,8);1H,2H2;1H;/q;;;;-1;;+2/p-1. The summed E-state index contributed by atoms with van der Waals surface area (Å²) in [7, 11) is 0. The topological polar surface area (TPSA) is 194 Å². The summed E-state index contributed by atoms with van der Waals surface area (Å²) in [5.74, 6) is -2.40. The van der Waals surface area contributed by atoms with Crippen molar-refractivity contribution < 1.29 is 44.4 Å². The molecule has 0 spiro atoms. The van der Waals surface area contributed by atoms with Crippen molar-refractivity contribution >= 4 is 68.5 Å². The van der Waals surface area contributed by atoms with E-state index in [-0.39, 0.29) is 56.6 Å². The van der Waals surface area contributed by atoms with Crippen molar-refractivity contribution in [2.75, 3.05) is 0 Å². The van der Waals surface area contributed by atoms with Gasteiger partial charge in [-0.25, -0.2) is 27.5 Å². The summed E-state index contributed by atoms with van der Waals surface area (Å²) in [6, 6.07) is 5.15. The number of nitrogens with one attached hydrogen (secondary N) is 3. The van der Waals surface area contributed by atoms with Gasteiger partial charge in [-0.05, 0) is 12.1 Å². The van der Waals surface area contributed by atoms with Crippen LogP contribution in [0.5, 0.6) is 0 Å². The monoisotopic (exact) mass is 747 g/mol. The minimum absolute atomic E-state index is 0. The average Bonchev–Trinajstić information content (AvgIpc) is 3.49. The molecule has 0 saturated heterocycles. The van der Waals surface area contributed by atoms with Gasteiger partial charge in [0.05, 0.1) is 39.9 Å². The van der Waals surface area contributed by atoms with E-state index in [1.54, 1.807) is 12.3 Å². The Bertz CT molecular complexity index is 1770. The number of rotatable bonds is 2. The van der Waals surface area contributed by atoms with Gasteiger partial charge >= 0.3 is 40.0 Å². The SMILES string of the molecule is Fc1cnc(Cl)c2[nH]ccc12.O=[N+]([O-])c1cc(F)cnc1Cl.O=c1[nH]cc(F)cc1[N+](=O)[O-].O=c1ccc(F)c[nH]1.[Br-].[CH-]=C.[Mg+2]. The summed E-state index contributed by atoms with van der Waals surface area (Å²) < 4.78 is 49.3. The Kier molecular flexibility index (Phi) is 20.5. The number of aromatic amines is 3. The van der Waals surface area contributed by atoms with E-state index in [9.17, 15) is 47.4 Å². The van der Waals surface area contributed by atoms with Gasteiger partial charge in [0.1, 0.15) is 17.5 Å². The first-order chi connectivity index (χ1) is 20.3. The summed E-state index contributed by atoms with van der Waals surface area (Å²) in [6.07, 6.45) is 5.33. The normalized spacial score (nSPS) is 9.02. The zero-order valence-electron chi connectivity index (χ0n) is 22.1. The molecule has 5 aromatic heterocycles. The minimum Gasteiger partial charge on any atom is -1.00 e. The molecule has 21 heteroatoms. The third-order valence-corrected chi connectivity index (χ3v) is 4.85. The van der Waals surface area contributed by atoms with Gasteiger partial charge < -0.3 is 38.5 Å². The first-order valence-electron chi connectivity index (χ1n) is 10.8. The van der Waals surface area contributed by atoms with Crippen molar-refractivity contribution in [3.63, 3.8) is 0 Å². The summed E-state index contributed by atoms with van der Waals surface area (Å²) in [5.41, 5.74) is -1.95. The van der Waals surface area contributed by atoms with Crippen LogP contribution in [0.25, 0.3) is 10.9 Å². The van der Waals surface area contributed by atoms with Crippen molar-refractivity contribution in [3.05, 3.63) is 149 Å². The molecular weight excluding hydrogens is 733 g/mol. The quantitative estimate of drug-likeness (QED) is 0.0611. The van der Waals surface area contributed by atoms with E-state index in [2.05, 4.69) is 33.1 Å². The molecular formula is C24H16BrCl2F4MgN7O6. The van der Waals surface area contributed by atoms with Crippen LogP contribution in [0.4, 0.5) is 28.9 Å². The van der Waals surface area contributed by atoms with E-state index in [1.807, 2.05) is 4.98 Å². The van der Waals surface area contributed by atoms with Crippen molar-refractivity contribution in [2.24, 2.45) is 0 Å². The van der Waals surface area contributed by atoms with E-state index in [0.717, 1.165) is 43.0 Å². The van der Waals surface area contributed by atoms with Gasteiger partial charge in [-0.3, -0.25) is 36.4 Å². The Labute approximate surface area is 285 Å². The largest absolute Gasteiger partial charge is 2.00 e. The number of hydrogen-bond acceptors (Lipinski definition) is 8. The van der Waals surface area contributed by atoms with Gasteiger partial charge in [0.25, 0.3) is 0 Å². The summed E-state index contributed by atoms with van der Waals surface area (Å²) in [6.45, 7) is 7.00. The second kappa shape index (κ2) is 21.5. The van der Waals surface area contributed by atoms with Crippen molar-refractivity contribution in [1.82, 2.24) is 24.9 Å². The molecule has 5 aromatic rings. The fraction of sp³-hybridized carbons (Fsp3) is 0. The van der Waals surface area contributed by atoms with Crippen LogP contribution in [0.15, 0.2) is 77.5 Å². The van der Waals surface area contributed by atoms with Crippen LogP contribution in [-0.2, 0) is 0 Å². The van der Waals surface area contributed by atoms with Crippen molar-refractivity contribution in [2.45, 2.75) is 0 Å². The molecule has 0 aliphatic rings. The van der Waals surface area contributed by atoms with E-state index in [1.165, 1.54) is 0 Å². The predicted octanol–water partition coefficient (Wildman–Crippen LogP) is 2.30. The van der Waals surface area contributed by atoms with Gasteiger partial charge in [0, 0.05) is 30.0 Å². The van der Waals surface area contributed by atoms with Crippen molar-refractivity contribution in [1.29, 1.82) is 0 Å². The molecule has 0 saturated carbocycles. The number of H-pyrrole nitrogens is 3. The van der Waals surface area contributed by atoms with Crippen LogP contribution >= 0.6 is 23.2 Å². The van der Waals surface area contributed by atoms with Crippen LogP contribution in [0.3, 0.4) is 0 Å². The maximum atomic E-state index is 12.9. The molecule has 0 atom stereocenters. The van der Waals surface area contributed by atoms with E-state index < -0.39 is 44.2 Å². The smallest absolute Gasteiger partial charge is 1.00 e. The summed E-state index contributed by atoms with van der Waals surface area (Å²) in [4.78, 5) is 52.8. The molecule has 0 fully saturated rings. The molecule has 0 bridgehead atoms. The number of aromatic nitrogens is 5. The fourth-order valence-corrected chi connectivity index (χ4v) is 2.88. The van der Waals surface area contributed by atoms with Crippen LogP contribution in [0, 0.1) is 50.1 Å². The number of fused-ring (bicyclic) bond motifs is 1. The Morgan fingerprint density at radius 3 is 1.80 bits per heavy atom. The number of halogens is 7. The Morgan fingerprint density at radius 1 is 0.778 bits per heavy atom. The molecule has 0 aliphatic heterocycles. The minimum atomic E-state index is -0.943. The summed E-state index contributed by atoms with van der Waals surface area (Å²) in [5, 5.41) is 20.5. The second-order valence-corrected chi connectivity index (χ2v) is 7.76. The molecule has 0 radical (unpaired) electrons. The van der Waals surface area contributed by atoms with Gasteiger partial charge in [-0.2, -0.15) is 0 Å². The Morgan fingerprint density at radius 2 is 1.33 bits per heavy atom. The third-order valence-electron chi connectivity index (χ3n) is 4.28. The first kappa shape index (κ1) is 43.0. The van der Waals surface area contributed by atoms with E-state index >= 15 is 0 Å². The van der Waals surface area contributed by atoms with Crippen molar-refractivity contribution in [3.8, 4) is 0 Å². The van der Waals surface area contributed by atoms with Gasteiger partial charge in [0.2, 0.25) is 10.7 Å². The molecule has 5 rings (SSSR count). The number of pyridine rings is 4. The van der Waals surface area contributed by atoms with E-state index in [4.69, 9.17) is 23.2 Å². The molecule has 0 aromatic carbocycles. The predicted molar refractivity (Wildman–Crippen MR) is 153 cm³/mol. The Balaban J connectivity index is 0. The first-order valence-corrected chi connectivity index (χ1v) is 11.6. The van der Waals surface area contributed by atoms with E-state index in [0.29, 0.717) is 22.1 Å². The third kappa shape index (κ3) is 14.4. The van der Waals surface area contributed by atoms with Crippen LogP contribution in [0.2, 0.25) is 10.3 Å². The number of nitrogens with zero attached hydrogens (tertiary/aromatic N) is 4. The molecule has 45 heavy (non-hydrogen) atoms. The fourth-order valence-electron chi connectivity index (χ4n) is 2.50. The number of hydrogen-bond donors (Lipinski definition) is 3. The van der Waals surface area contributed by atoms with Gasteiger partial charge in [-0.15, -0.1) is 0 Å². The van der Waals surface area contributed by atoms with Gasteiger partial charge in [-0.1, -0.05) is 23.2 Å². The Hall–Kier alpha value is -4.17. The van der Waals surface area contributed by atoms with Gasteiger partial charge in [0.15, 0.2) is 11.0 Å². The zero-order valence-corrected chi connectivity index (χ0v) is 26.7. The van der Waals surface area contributed by atoms with Crippen LogP contribution in [-0.4, -0.2) is 57.8 Å². The maximum Gasteiger partial charge on any atom is 2.00 e. The summed E-state index contributed by atoms with van der Waals surface area (Å²) >= 11 is 10.9. The molecule has 0 amide bonds. The molecule has 3 N–H and O–H groups in total. The molecule has 13 nitrogen and oxygen atoms in total. The molecule has 234 valence electrons. The molecule has 0 aliphatic carbocycles. The van der Waals surface area contributed by atoms with Crippen LogP contribution < -0.4 is 28.1 Å². The average molecular weight is 750 g/mol. The zero-order chi connectivity index (χ0) is 32.7. The van der Waals surface area contributed by atoms with Crippen LogP contribution in [0.1, 0.15) is 0 Å². The molecule has 5 heterocycles.